The Bertz CT molecular complexity index is 335. The number of nitrogens with one attached hydrogen (secondary N) is 2. The molecule has 1 aliphatic heterocycles. The number of hydrogen-bond acceptors (Lipinski definition) is 3. The number of alkyl halides is 3. The van der Waals surface area contributed by atoms with E-state index in [4.69, 9.17) is 4.74 Å². The number of halogens is 4. The van der Waals surface area contributed by atoms with Gasteiger partial charge in [0.2, 0.25) is 0 Å². The van der Waals surface area contributed by atoms with Crippen LogP contribution in [0.3, 0.4) is 0 Å². The number of ether oxygens (including phenoxy) is 2. The Balaban J connectivity index is 0.00000441. The lowest BCUT2D eigenvalue weighted by molar-refractivity contribution is -0.173. The monoisotopic (exact) mass is 439 g/mol. The van der Waals surface area contributed by atoms with Gasteiger partial charge in [-0.2, -0.15) is 13.2 Å². The van der Waals surface area contributed by atoms with Crippen molar-refractivity contribution in [3.8, 4) is 0 Å². The largest absolute Gasteiger partial charge is 0.411 e. The lowest BCUT2D eigenvalue weighted by atomic mass is 10.0. The first-order valence-corrected chi connectivity index (χ1v) is 7.08. The normalized spacial score (nSPS) is 22.3. The molecular weight excluding hydrogens is 414 g/mol. The van der Waals surface area contributed by atoms with Gasteiger partial charge >= 0.3 is 6.18 Å². The van der Waals surface area contributed by atoms with E-state index in [1.165, 1.54) is 0 Å². The second-order valence-corrected chi connectivity index (χ2v) is 5.28. The van der Waals surface area contributed by atoms with Crippen molar-refractivity contribution in [2.45, 2.75) is 38.0 Å². The Kier molecular flexibility index (Phi) is 10.3. The molecule has 1 fully saturated rings. The first-order chi connectivity index (χ1) is 9.85. The van der Waals surface area contributed by atoms with Crippen LogP contribution in [0.2, 0.25) is 0 Å². The Hall–Kier alpha value is -0.290. The molecular formula is C13H25F3IN3O2. The molecule has 0 spiro atoms. The summed E-state index contributed by atoms with van der Waals surface area (Å²) >= 11 is 0. The Labute approximate surface area is 146 Å². The van der Waals surface area contributed by atoms with E-state index in [9.17, 15) is 13.2 Å². The van der Waals surface area contributed by atoms with Crippen molar-refractivity contribution in [2.75, 3.05) is 40.0 Å². The average Bonchev–Trinajstić information content (AvgIpc) is 2.83. The van der Waals surface area contributed by atoms with Crippen LogP contribution < -0.4 is 10.6 Å². The van der Waals surface area contributed by atoms with Gasteiger partial charge in [0.05, 0.1) is 5.60 Å². The molecule has 1 rings (SSSR count). The molecule has 0 aromatic carbocycles. The van der Waals surface area contributed by atoms with Gasteiger partial charge in [0.15, 0.2) is 5.96 Å². The number of rotatable bonds is 7. The molecule has 0 aromatic heterocycles. The van der Waals surface area contributed by atoms with Crippen molar-refractivity contribution in [1.29, 1.82) is 0 Å². The van der Waals surface area contributed by atoms with Crippen LogP contribution in [0.15, 0.2) is 4.99 Å². The van der Waals surface area contributed by atoms with Crippen molar-refractivity contribution in [1.82, 2.24) is 10.6 Å². The summed E-state index contributed by atoms with van der Waals surface area (Å²) in [4.78, 5) is 4.06. The summed E-state index contributed by atoms with van der Waals surface area (Å²) in [5, 5.41) is 6.19. The smallest absolute Gasteiger partial charge is 0.373 e. The van der Waals surface area contributed by atoms with E-state index in [1.807, 2.05) is 6.92 Å². The molecule has 0 radical (unpaired) electrons. The molecule has 0 amide bonds. The molecule has 1 atom stereocenters. The third-order valence-corrected chi connectivity index (χ3v) is 3.18. The van der Waals surface area contributed by atoms with Crippen LogP contribution in [0.4, 0.5) is 13.2 Å². The van der Waals surface area contributed by atoms with Gasteiger partial charge in [0.1, 0.15) is 6.61 Å². The second kappa shape index (κ2) is 10.5. The minimum Gasteiger partial charge on any atom is -0.373 e. The topological polar surface area (TPSA) is 54.9 Å². The average molecular weight is 439 g/mol. The zero-order valence-corrected chi connectivity index (χ0v) is 15.3. The second-order valence-electron chi connectivity index (χ2n) is 5.28. The van der Waals surface area contributed by atoms with Crippen molar-refractivity contribution < 1.29 is 22.6 Å². The van der Waals surface area contributed by atoms with E-state index < -0.39 is 12.8 Å². The maximum atomic E-state index is 11.9. The van der Waals surface area contributed by atoms with Crippen LogP contribution in [-0.2, 0) is 9.47 Å². The fourth-order valence-electron chi connectivity index (χ4n) is 2.04. The number of hydrogen-bond donors (Lipinski definition) is 2. The molecule has 1 unspecified atom stereocenters. The van der Waals surface area contributed by atoms with Crippen molar-refractivity contribution in [2.24, 2.45) is 4.99 Å². The summed E-state index contributed by atoms with van der Waals surface area (Å²) in [6.45, 7) is 2.83. The first kappa shape index (κ1) is 21.7. The van der Waals surface area contributed by atoms with Crippen LogP contribution in [0.5, 0.6) is 0 Å². The Morgan fingerprint density at radius 3 is 2.64 bits per heavy atom. The molecule has 0 saturated carbocycles. The van der Waals surface area contributed by atoms with Gasteiger partial charge in [-0.25, -0.2) is 0 Å². The van der Waals surface area contributed by atoms with Gasteiger partial charge in [-0.3, -0.25) is 4.99 Å². The van der Waals surface area contributed by atoms with Gasteiger partial charge in [-0.15, -0.1) is 24.0 Å². The lowest BCUT2D eigenvalue weighted by Gasteiger charge is -2.24. The summed E-state index contributed by atoms with van der Waals surface area (Å²) in [5.74, 6) is 0.613. The standard InChI is InChI=1S/C13H24F3N3O2.HI/c1-12(5-3-8-21-12)9-19-11(17-2)18-6-4-7-20-10-13(14,15)16;/h3-10H2,1-2H3,(H2,17,18,19);1H. The fourth-order valence-corrected chi connectivity index (χ4v) is 2.04. The van der Waals surface area contributed by atoms with Crippen LogP contribution in [-0.4, -0.2) is 57.7 Å². The molecule has 22 heavy (non-hydrogen) atoms. The molecule has 0 aromatic rings. The Morgan fingerprint density at radius 1 is 1.36 bits per heavy atom. The van der Waals surface area contributed by atoms with Crippen LogP contribution in [0, 0.1) is 0 Å². The van der Waals surface area contributed by atoms with Gasteiger partial charge in [-0.05, 0) is 26.2 Å². The maximum absolute atomic E-state index is 11.9. The zero-order chi connectivity index (χ0) is 15.8. The van der Waals surface area contributed by atoms with Crippen LogP contribution >= 0.6 is 24.0 Å². The fraction of sp³-hybridized carbons (Fsp3) is 0.923. The summed E-state index contributed by atoms with van der Waals surface area (Å²) in [5.41, 5.74) is -0.173. The summed E-state index contributed by atoms with van der Waals surface area (Å²) in [7, 11) is 1.65. The van der Waals surface area contributed by atoms with Crippen molar-refractivity contribution >= 4 is 29.9 Å². The molecule has 132 valence electrons. The van der Waals surface area contributed by atoms with Crippen LogP contribution in [0.1, 0.15) is 26.2 Å². The Morgan fingerprint density at radius 2 is 2.09 bits per heavy atom. The van der Waals surface area contributed by atoms with Crippen LogP contribution in [0.25, 0.3) is 0 Å². The highest BCUT2D eigenvalue weighted by atomic mass is 127. The van der Waals surface area contributed by atoms with E-state index in [-0.39, 0.29) is 36.2 Å². The minimum absolute atomic E-state index is 0. The number of guanidine groups is 1. The van der Waals surface area contributed by atoms with E-state index in [1.54, 1.807) is 7.05 Å². The minimum atomic E-state index is -4.26. The van der Waals surface area contributed by atoms with E-state index in [2.05, 4.69) is 20.4 Å². The highest BCUT2D eigenvalue weighted by Crippen LogP contribution is 2.23. The number of aliphatic imine (C=N–C) groups is 1. The molecule has 5 nitrogen and oxygen atoms in total. The predicted molar refractivity (Wildman–Crippen MR) is 89.9 cm³/mol. The van der Waals surface area contributed by atoms with E-state index in [0.717, 1.165) is 19.4 Å². The lowest BCUT2D eigenvalue weighted by Crippen LogP contribution is -2.45. The zero-order valence-electron chi connectivity index (χ0n) is 13.0. The summed E-state index contributed by atoms with van der Waals surface area (Å²) in [6, 6.07) is 0. The highest BCUT2D eigenvalue weighted by molar-refractivity contribution is 14.0. The first-order valence-electron chi connectivity index (χ1n) is 7.08. The predicted octanol–water partition coefficient (Wildman–Crippen LogP) is 2.31. The quantitative estimate of drug-likeness (QED) is 0.277. The molecule has 1 heterocycles. The number of nitrogens with zero attached hydrogens (tertiary/aromatic N) is 1. The molecule has 9 heteroatoms. The summed E-state index contributed by atoms with van der Waals surface area (Å²) < 4.78 is 45.7. The van der Waals surface area contributed by atoms with Gasteiger partial charge in [0, 0.05) is 33.4 Å². The van der Waals surface area contributed by atoms with E-state index in [0.29, 0.717) is 25.5 Å². The van der Waals surface area contributed by atoms with Crippen molar-refractivity contribution in [3.05, 3.63) is 0 Å². The van der Waals surface area contributed by atoms with Gasteiger partial charge in [-0.1, -0.05) is 0 Å². The molecule has 0 bridgehead atoms. The molecule has 0 aliphatic carbocycles. The third kappa shape index (κ3) is 9.67. The van der Waals surface area contributed by atoms with E-state index >= 15 is 0 Å². The molecule has 1 saturated heterocycles. The maximum Gasteiger partial charge on any atom is 0.411 e. The SMILES string of the molecule is CN=C(NCCCOCC(F)(F)F)NCC1(C)CCCO1.I. The summed E-state index contributed by atoms with van der Waals surface area (Å²) in [6.07, 6.45) is -1.73. The van der Waals surface area contributed by atoms with Gasteiger partial charge < -0.3 is 20.1 Å². The van der Waals surface area contributed by atoms with Gasteiger partial charge in [0.25, 0.3) is 0 Å². The molecule has 2 N–H and O–H groups in total. The third-order valence-electron chi connectivity index (χ3n) is 3.18. The van der Waals surface area contributed by atoms with Crippen molar-refractivity contribution in [3.63, 3.8) is 0 Å². The highest BCUT2D eigenvalue weighted by Gasteiger charge is 2.29. The molecule has 1 aliphatic rings.